The Labute approximate surface area is 123 Å². The molecule has 1 N–H and O–H groups in total. The Balaban J connectivity index is 1.69. The third kappa shape index (κ3) is 4.46. The maximum Gasteiger partial charge on any atom is 0.230 e. The van der Waals surface area contributed by atoms with Crippen LogP contribution < -0.4 is 5.32 Å². The molecule has 0 bridgehead atoms. The van der Waals surface area contributed by atoms with Crippen molar-refractivity contribution in [2.24, 2.45) is 0 Å². The normalized spacial score (nSPS) is 10.5. The Hall–Kier alpha value is -1.68. The number of benzene rings is 1. The molecule has 0 radical (unpaired) electrons. The van der Waals surface area contributed by atoms with Gasteiger partial charge in [-0.05, 0) is 25.5 Å². The summed E-state index contributed by atoms with van der Waals surface area (Å²) in [6.45, 7) is 4.36. The van der Waals surface area contributed by atoms with Crippen LogP contribution in [-0.2, 0) is 17.1 Å². The zero-order valence-corrected chi connectivity index (χ0v) is 12.6. The second-order valence-corrected chi connectivity index (χ2v) is 5.68. The molecule has 3 nitrogen and oxygen atoms in total. The largest absolute Gasteiger partial charge is 0.466 e. The third-order valence-electron chi connectivity index (χ3n) is 2.96. The van der Waals surface area contributed by atoms with Crippen molar-refractivity contribution in [1.82, 2.24) is 5.32 Å². The molecule has 2 rings (SSSR count). The molecule has 0 saturated heterocycles. The SMILES string of the molecule is Cc1cc(CNC(=O)CSCc2ccccc2)c(C)o1. The van der Waals surface area contributed by atoms with Gasteiger partial charge in [-0.3, -0.25) is 4.79 Å². The predicted octanol–water partition coefficient (Wildman–Crippen LogP) is 3.45. The molecule has 1 aromatic carbocycles. The highest BCUT2D eigenvalue weighted by molar-refractivity contribution is 7.99. The van der Waals surface area contributed by atoms with E-state index in [1.54, 1.807) is 11.8 Å². The first-order chi connectivity index (χ1) is 9.65. The van der Waals surface area contributed by atoms with E-state index in [2.05, 4.69) is 17.4 Å². The van der Waals surface area contributed by atoms with Crippen LogP contribution in [0.2, 0.25) is 0 Å². The smallest absolute Gasteiger partial charge is 0.230 e. The molecule has 1 heterocycles. The van der Waals surface area contributed by atoms with Crippen molar-refractivity contribution < 1.29 is 9.21 Å². The lowest BCUT2D eigenvalue weighted by molar-refractivity contribution is -0.118. The molecule has 4 heteroatoms. The minimum absolute atomic E-state index is 0.0594. The van der Waals surface area contributed by atoms with Crippen molar-refractivity contribution in [1.29, 1.82) is 0 Å². The monoisotopic (exact) mass is 289 g/mol. The first kappa shape index (κ1) is 14.7. The van der Waals surface area contributed by atoms with E-state index in [0.29, 0.717) is 12.3 Å². The van der Waals surface area contributed by atoms with Gasteiger partial charge in [0, 0.05) is 17.9 Å². The van der Waals surface area contributed by atoms with E-state index in [0.717, 1.165) is 22.8 Å². The summed E-state index contributed by atoms with van der Waals surface area (Å²) >= 11 is 1.62. The van der Waals surface area contributed by atoms with Crippen LogP contribution in [0.25, 0.3) is 0 Å². The molecule has 0 unspecified atom stereocenters. The van der Waals surface area contributed by atoms with E-state index in [1.807, 2.05) is 38.1 Å². The lowest BCUT2D eigenvalue weighted by Gasteiger charge is -2.04. The summed E-state index contributed by atoms with van der Waals surface area (Å²) in [5.74, 6) is 3.15. The number of furan rings is 1. The van der Waals surface area contributed by atoms with Crippen LogP contribution in [0.15, 0.2) is 40.8 Å². The van der Waals surface area contributed by atoms with Crippen LogP contribution >= 0.6 is 11.8 Å². The van der Waals surface area contributed by atoms with Crippen LogP contribution in [0.1, 0.15) is 22.6 Å². The van der Waals surface area contributed by atoms with E-state index in [-0.39, 0.29) is 5.91 Å². The van der Waals surface area contributed by atoms with Crippen molar-refractivity contribution in [3.8, 4) is 0 Å². The van der Waals surface area contributed by atoms with Gasteiger partial charge in [0.25, 0.3) is 0 Å². The summed E-state index contributed by atoms with van der Waals surface area (Å²) in [5, 5.41) is 2.92. The van der Waals surface area contributed by atoms with Gasteiger partial charge in [0.1, 0.15) is 11.5 Å². The van der Waals surface area contributed by atoms with E-state index in [4.69, 9.17) is 4.42 Å². The molecule has 20 heavy (non-hydrogen) atoms. The van der Waals surface area contributed by atoms with E-state index in [9.17, 15) is 4.79 Å². The van der Waals surface area contributed by atoms with Gasteiger partial charge >= 0.3 is 0 Å². The quantitative estimate of drug-likeness (QED) is 0.885. The van der Waals surface area contributed by atoms with Gasteiger partial charge in [0.15, 0.2) is 0 Å². The lowest BCUT2D eigenvalue weighted by Crippen LogP contribution is -2.24. The number of aryl methyl sites for hydroxylation is 2. The molecular weight excluding hydrogens is 270 g/mol. The summed E-state index contributed by atoms with van der Waals surface area (Å²) in [5.41, 5.74) is 2.29. The standard InChI is InChI=1S/C16H19NO2S/c1-12-8-15(13(2)19-12)9-17-16(18)11-20-10-14-6-4-3-5-7-14/h3-8H,9-11H2,1-2H3,(H,17,18). The van der Waals surface area contributed by atoms with Crippen LogP contribution in [0.4, 0.5) is 0 Å². The predicted molar refractivity (Wildman–Crippen MR) is 82.6 cm³/mol. The highest BCUT2D eigenvalue weighted by Gasteiger charge is 2.07. The number of hydrogen-bond acceptors (Lipinski definition) is 3. The number of amides is 1. The molecule has 0 atom stereocenters. The van der Waals surface area contributed by atoms with Crippen LogP contribution in [-0.4, -0.2) is 11.7 Å². The first-order valence-electron chi connectivity index (χ1n) is 6.59. The lowest BCUT2D eigenvalue weighted by atomic mass is 10.2. The molecule has 0 spiro atoms. The van der Waals surface area contributed by atoms with Crippen LogP contribution in [0, 0.1) is 13.8 Å². The molecule has 2 aromatic rings. The molecule has 0 aliphatic rings. The third-order valence-corrected chi connectivity index (χ3v) is 3.97. The minimum atomic E-state index is 0.0594. The highest BCUT2D eigenvalue weighted by Crippen LogP contribution is 2.14. The number of nitrogens with one attached hydrogen (secondary N) is 1. The molecule has 0 saturated carbocycles. The van der Waals surface area contributed by atoms with Gasteiger partial charge in [0.2, 0.25) is 5.91 Å². The van der Waals surface area contributed by atoms with Gasteiger partial charge in [0.05, 0.1) is 5.75 Å². The van der Waals surface area contributed by atoms with E-state index in [1.165, 1.54) is 5.56 Å². The molecule has 106 valence electrons. The molecule has 0 aliphatic heterocycles. The summed E-state index contributed by atoms with van der Waals surface area (Å²) in [6, 6.07) is 12.1. The van der Waals surface area contributed by atoms with Crippen molar-refractivity contribution in [3.63, 3.8) is 0 Å². The summed E-state index contributed by atoms with van der Waals surface area (Å²) in [6.07, 6.45) is 0. The topological polar surface area (TPSA) is 42.2 Å². The second kappa shape index (κ2) is 7.20. The molecule has 1 amide bonds. The molecular formula is C16H19NO2S. The highest BCUT2D eigenvalue weighted by atomic mass is 32.2. The molecule has 0 fully saturated rings. The fraction of sp³-hybridized carbons (Fsp3) is 0.312. The average Bonchev–Trinajstić information content (AvgIpc) is 2.76. The van der Waals surface area contributed by atoms with Crippen molar-refractivity contribution in [2.45, 2.75) is 26.1 Å². The van der Waals surface area contributed by atoms with Crippen molar-refractivity contribution in [3.05, 3.63) is 59.0 Å². The maximum absolute atomic E-state index is 11.8. The van der Waals surface area contributed by atoms with E-state index >= 15 is 0 Å². The van der Waals surface area contributed by atoms with Gasteiger partial charge in [-0.25, -0.2) is 0 Å². The number of thioether (sulfide) groups is 1. The number of carbonyl (C=O) groups excluding carboxylic acids is 1. The van der Waals surface area contributed by atoms with Crippen molar-refractivity contribution in [2.75, 3.05) is 5.75 Å². The summed E-state index contributed by atoms with van der Waals surface area (Å²) < 4.78 is 5.43. The number of carbonyl (C=O) groups is 1. The van der Waals surface area contributed by atoms with Crippen LogP contribution in [0.5, 0.6) is 0 Å². The van der Waals surface area contributed by atoms with E-state index < -0.39 is 0 Å². The number of hydrogen-bond donors (Lipinski definition) is 1. The fourth-order valence-electron chi connectivity index (χ4n) is 1.94. The van der Waals surface area contributed by atoms with Gasteiger partial charge < -0.3 is 9.73 Å². The number of rotatable bonds is 6. The van der Waals surface area contributed by atoms with Crippen molar-refractivity contribution >= 4 is 17.7 Å². The molecule has 0 aliphatic carbocycles. The zero-order chi connectivity index (χ0) is 14.4. The fourth-order valence-corrected chi connectivity index (χ4v) is 2.76. The first-order valence-corrected chi connectivity index (χ1v) is 7.75. The van der Waals surface area contributed by atoms with Crippen LogP contribution in [0.3, 0.4) is 0 Å². The Bertz CT molecular complexity index is 563. The molecule has 1 aromatic heterocycles. The second-order valence-electron chi connectivity index (χ2n) is 4.69. The van der Waals surface area contributed by atoms with Gasteiger partial charge in [-0.2, -0.15) is 0 Å². The zero-order valence-electron chi connectivity index (χ0n) is 11.8. The maximum atomic E-state index is 11.8. The minimum Gasteiger partial charge on any atom is -0.466 e. The summed E-state index contributed by atoms with van der Waals surface area (Å²) in [4.78, 5) is 11.8. The van der Waals surface area contributed by atoms with Gasteiger partial charge in [-0.15, -0.1) is 11.8 Å². The van der Waals surface area contributed by atoms with Gasteiger partial charge in [-0.1, -0.05) is 30.3 Å². The Morgan fingerprint density at radius 2 is 2.00 bits per heavy atom. The Morgan fingerprint density at radius 3 is 2.65 bits per heavy atom. The average molecular weight is 289 g/mol. The Kier molecular flexibility index (Phi) is 5.30. The summed E-state index contributed by atoms with van der Waals surface area (Å²) in [7, 11) is 0. The Morgan fingerprint density at radius 1 is 1.25 bits per heavy atom.